The van der Waals surface area contributed by atoms with Crippen LogP contribution in [0.1, 0.15) is 6.85 Å². The summed E-state index contributed by atoms with van der Waals surface area (Å²) < 4.78 is 41.3. The summed E-state index contributed by atoms with van der Waals surface area (Å²) in [7, 11) is -1.49. The van der Waals surface area contributed by atoms with E-state index in [0.29, 0.717) is 22.0 Å². The van der Waals surface area contributed by atoms with Crippen molar-refractivity contribution >= 4 is 23.8 Å². The largest absolute Gasteiger partial charge is 0.0630 e. The summed E-state index contributed by atoms with van der Waals surface area (Å²) in [6.45, 7) is 0. The molecule has 0 aromatic heterocycles. The molecule has 92 valence electrons. The third kappa shape index (κ3) is 2.75. The van der Waals surface area contributed by atoms with Crippen molar-refractivity contribution in [1.82, 2.24) is 0 Å². The molecule has 19 heavy (non-hydrogen) atoms. The zero-order valence-corrected chi connectivity index (χ0v) is 11.1. The fourth-order valence-corrected chi connectivity index (χ4v) is 3.78. The molecule has 1 heteroatoms. The van der Waals surface area contributed by atoms with Crippen molar-refractivity contribution < 1.29 is 6.85 Å². The van der Waals surface area contributed by atoms with Gasteiger partial charge in [-0.05, 0) is 23.8 Å². The van der Waals surface area contributed by atoms with Crippen LogP contribution in [0, 0.1) is 0 Å². The average molecular weight is 267 g/mol. The highest BCUT2D eigenvalue weighted by Gasteiger charge is 2.14. The van der Waals surface area contributed by atoms with Gasteiger partial charge >= 0.3 is 0 Å². The zero-order valence-electron chi connectivity index (χ0n) is 15.2. The Morgan fingerprint density at radius 2 is 0.947 bits per heavy atom. The van der Waals surface area contributed by atoms with E-state index in [1.54, 1.807) is 54.6 Å². The van der Waals surface area contributed by atoms with E-state index in [4.69, 9.17) is 6.85 Å². The summed E-state index contributed by atoms with van der Waals surface area (Å²) in [4.78, 5) is 0. The minimum atomic E-state index is -1.49. The fraction of sp³-hybridized carbons (Fsp3) is 0. The summed E-state index contributed by atoms with van der Waals surface area (Å²) in [6, 6.07) is 17.9. The molecule has 0 N–H and O–H groups in total. The molecule has 0 nitrogen and oxygen atoms in total. The van der Waals surface area contributed by atoms with Gasteiger partial charge in [0, 0.05) is 0 Å². The first-order valence-electron chi connectivity index (χ1n) is 8.49. The number of benzene rings is 3. The van der Waals surface area contributed by atoms with Gasteiger partial charge in [-0.2, -0.15) is 0 Å². The van der Waals surface area contributed by atoms with Gasteiger partial charge in [-0.1, -0.05) is 90.9 Å². The van der Waals surface area contributed by atoms with E-state index in [9.17, 15) is 0 Å². The Bertz CT molecular complexity index is 802. The van der Waals surface area contributed by atoms with Crippen LogP contribution in [0.3, 0.4) is 0 Å². The van der Waals surface area contributed by atoms with Crippen LogP contribution in [0.2, 0.25) is 0 Å². The first-order chi connectivity index (χ1) is 11.5. The summed E-state index contributed by atoms with van der Waals surface area (Å²) in [5.41, 5.74) is 0. The van der Waals surface area contributed by atoms with Gasteiger partial charge in [0.1, 0.15) is 0 Å². The van der Waals surface area contributed by atoms with Gasteiger partial charge in [0.25, 0.3) is 0 Å². The Hall–Kier alpha value is -1.91. The van der Waals surface area contributed by atoms with Crippen LogP contribution in [-0.2, 0) is 0 Å². The van der Waals surface area contributed by atoms with Gasteiger partial charge in [0.15, 0.2) is 0 Å². The van der Waals surface area contributed by atoms with Crippen LogP contribution in [-0.4, -0.2) is 0 Å². The van der Waals surface area contributed by atoms with Crippen molar-refractivity contribution in [1.29, 1.82) is 0 Å². The van der Waals surface area contributed by atoms with Gasteiger partial charge in [-0.3, -0.25) is 0 Å². The maximum Gasteiger partial charge on any atom is 0.0630 e. The highest BCUT2D eigenvalue weighted by molar-refractivity contribution is 7.79. The van der Waals surface area contributed by atoms with E-state index in [1.165, 1.54) is 0 Å². The van der Waals surface area contributed by atoms with E-state index in [2.05, 4.69) is 0 Å². The molecule has 0 aliphatic carbocycles. The molecule has 3 aromatic rings. The molecule has 0 fully saturated rings. The molecule has 0 aliphatic heterocycles. The van der Waals surface area contributed by atoms with Gasteiger partial charge < -0.3 is 0 Å². The summed E-state index contributed by atoms with van der Waals surface area (Å²) in [6.07, 6.45) is 0. The highest BCUT2D eigenvalue weighted by atomic mass is 31.1. The molecule has 0 amide bonds. The van der Waals surface area contributed by atoms with Crippen molar-refractivity contribution in [3.05, 3.63) is 90.9 Å². The molecule has 0 saturated carbocycles. The van der Waals surface area contributed by atoms with Gasteiger partial charge in [0.2, 0.25) is 0 Å². The molecule has 0 radical (unpaired) electrons. The first kappa shape index (κ1) is 7.62. The molecule has 3 aromatic carbocycles. The Morgan fingerprint density at radius 1 is 0.526 bits per heavy atom. The van der Waals surface area contributed by atoms with Gasteiger partial charge in [-0.15, -0.1) is 0 Å². The van der Waals surface area contributed by atoms with Crippen molar-refractivity contribution in [3.8, 4) is 0 Å². The molecule has 0 bridgehead atoms. The highest BCUT2D eigenvalue weighted by Crippen LogP contribution is 2.32. The second-order valence-electron chi connectivity index (χ2n) is 3.91. The fourth-order valence-electron chi connectivity index (χ4n) is 1.82. The van der Waals surface area contributed by atoms with Crippen LogP contribution in [0.5, 0.6) is 0 Å². The molecule has 0 unspecified atom stereocenters. The van der Waals surface area contributed by atoms with Gasteiger partial charge in [0.05, 0.1) is 6.85 Å². The molecular formula is C18H15P. The van der Waals surface area contributed by atoms with Crippen LogP contribution in [0.15, 0.2) is 90.9 Å². The summed E-state index contributed by atoms with van der Waals surface area (Å²) in [5, 5.41) is 1.63. The molecule has 0 heterocycles. The van der Waals surface area contributed by atoms with Crippen molar-refractivity contribution in [2.45, 2.75) is 0 Å². The second kappa shape index (κ2) is 5.82. The Labute approximate surface area is 122 Å². The lowest BCUT2D eigenvalue weighted by molar-refractivity contribution is 1.74. The number of rotatable bonds is 3. The van der Waals surface area contributed by atoms with E-state index >= 15 is 0 Å². The molecule has 3 rings (SSSR count). The topological polar surface area (TPSA) is 0 Å². The SMILES string of the molecule is [2H]c1ccccc1P(c1c([2H])cccc1[2H])c1c([2H])cccc1[2H]. The molecule has 0 saturated heterocycles. The zero-order chi connectivity index (χ0) is 17.3. The van der Waals surface area contributed by atoms with Crippen molar-refractivity contribution in [3.63, 3.8) is 0 Å². The first-order valence-corrected chi connectivity index (χ1v) is 7.33. The van der Waals surface area contributed by atoms with Crippen LogP contribution >= 0.6 is 7.92 Å². The minimum absolute atomic E-state index is 0.208. The molecule has 0 spiro atoms. The molecular weight excluding hydrogens is 247 g/mol. The van der Waals surface area contributed by atoms with E-state index in [1.807, 2.05) is 6.07 Å². The molecule has 0 atom stereocenters. The van der Waals surface area contributed by atoms with Crippen molar-refractivity contribution in [2.75, 3.05) is 0 Å². The Balaban J connectivity index is 2.37. The third-order valence-corrected chi connectivity index (χ3v) is 4.82. The standard InChI is InChI=1S/C18H15P/c1-4-10-16(11-5-1)19(17-12-6-2-7-13-17)18-14-8-3-9-15-18/h1-15H/i10D,11D,12D,13D,14D. The maximum absolute atomic E-state index is 8.26. The monoisotopic (exact) mass is 267 g/mol. The van der Waals surface area contributed by atoms with Crippen LogP contribution in [0.25, 0.3) is 0 Å². The third-order valence-electron chi connectivity index (χ3n) is 2.65. The van der Waals surface area contributed by atoms with Crippen LogP contribution in [0.4, 0.5) is 0 Å². The smallest absolute Gasteiger partial charge is 0.0622 e. The normalized spacial score (nSPS) is 14.3. The van der Waals surface area contributed by atoms with Crippen molar-refractivity contribution in [2.24, 2.45) is 0 Å². The van der Waals surface area contributed by atoms with E-state index in [0.717, 1.165) is 0 Å². The quantitative estimate of drug-likeness (QED) is 0.638. The summed E-state index contributed by atoms with van der Waals surface area (Å²) >= 11 is 0. The number of hydrogen-bond acceptors (Lipinski definition) is 0. The second-order valence-corrected chi connectivity index (χ2v) is 5.96. The van der Waals surface area contributed by atoms with Crippen LogP contribution < -0.4 is 15.9 Å². The predicted molar refractivity (Wildman–Crippen MR) is 85.1 cm³/mol. The van der Waals surface area contributed by atoms with Gasteiger partial charge in [-0.25, -0.2) is 0 Å². The molecule has 0 aliphatic rings. The summed E-state index contributed by atoms with van der Waals surface area (Å²) in [5.74, 6) is 0. The maximum atomic E-state index is 8.26. The Morgan fingerprint density at radius 3 is 1.42 bits per heavy atom. The minimum Gasteiger partial charge on any atom is -0.0622 e. The lowest BCUT2D eigenvalue weighted by Crippen LogP contribution is -2.20. The average Bonchev–Trinajstić information content (AvgIpc) is 2.53. The predicted octanol–water partition coefficient (Wildman–Crippen LogP) is 3.44. The number of hydrogen-bond donors (Lipinski definition) is 0. The lowest BCUT2D eigenvalue weighted by Gasteiger charge is -2.18. The van der Waals surface area contributed by atoms with E-state index in [-0.39, 0.29) is 24.2 Å². The lowest BCUT2D eigenvalue weighted by atomic mass is 10.4. The van der Waals surface area contributed by atoms with E-state index < -0.39 is 7.92 Å². The Kier molecular flexibility index (Phi) is 2.34.